The molecule has 4 heteroatoms. The van der Waals surface area contributed by atoms with Crippen LogP contribution in [0.4, 0.5) is 0 Å². The first-order valence-corrected chi connectivity index (χ1v) is 12.2. The lowest BCUT2D eigenvalue weighted by Gasteiger charge is -2.09. The maximum absolute atomic E-state index is 4.69. The molecule has 8 aromatic rings. The molecule has 0 atom stereocenters. The minimum atomic E-state index is 0.698. The maximum atomic E-state index is 4.69. The molecule has 0 N–H and O–H groups in total. The van der Waals surface area contributed by atoms with Gasteiger partial charge in [-0.2, -0.15) is 0 Å². The van der Waals surface area contributed by atoms with Crippen LogP contribution in [0.1, 0.15) is 0 Å². The van der Waals surface area contributed by atoms with Gasteiger partial charge in [0.25, 0.3) is 0 Å². The van der Waals surface area contributed by atoms with E-state index >= 15 is 0 Å². The summed E-state index contributed by atoms with van der Waals surface area (Å²) in [5, 5.41) is 10.1. The molecule has 0 bridgehead atoms. The van der Waals surface area contributed by atoms with Crippen molar-refractivity contribution in [3.05, 3.63) is 103 Å². The van der Waals surface area contributed by atoms with E-state index in [1.807, 2.05) is 29.8 Å². The van der Waals surface area contributed by atoms with E-state index in [0.717, 1.165) is 5.52 Å². The van der Waals surface area contributed by atoms with E-state index in [1.165, 1.54) is 58.0 Å². The Morgan fingerprint density at radius 2 is 1.26 bits per heavy atom. The zero-order valence-corrected chi connectivity index (χ0v) is 18.9. The Kier molecular flexibility index (Phi) is 3.54. The Morgan fingerprint density at radius 1 is 0.588 bits per heavy atom. The van der Waals surface area contributed by atoms with E-state index in [2.05, 4.69) is 99.5 Å². The summed E-state index contributed by atoms with van der Waals surface area (Å²) < 4.78 is 4.89. The highest BCUT2D eigenvalue weighted by Crippen LogP contribution is 2.48. The molecule has 0 aliphatic carbocycles. The number of benzene rings is 5. The predicted molar refractivity (Wildman–Crippen MR) is 144 cm³/mol. The number of rotatable bonds is 1. The van der Waals surface area contributed by atoms with Crippen molar-refractivity contribution in [2.75, 3.05) is 0 Å². The van der Waals surface area contributed by atoms with Crippen molar-refractivity contribution in [2.24, 2.45) is 0 Å². The summed E-state index contributed by atoms with van der Waals surface area (Å²) in [6, 6.07) is 32.6. The van der Waals surface area contributed by atoms with E-state index in [4.69, 9.17) is 0 Å². The van der Waals surface area contributed by atoms with E-state index in [1.54, 1.807) is 0 Å². The molecule has 3 heterocycles. The molecule has 0 spiro atoms. The van der Waals surface area contributed by atoms with Crippen LogP contribution < -0.4 is 0 Å². The summed E-state index contributed by atoms with van der Waals surface area (Å²) in [6.07, 6.45) is 3.64. The van der Waals surface area contributed by atoms with Crippen LogP contribution in [-0.4, -0.2) is 14.5 Å². The van der Waals surface area contributed by atoms with Crippen LogP contribution in [0, 0.1) is 0 Å². The van der Waals surface area contributed by atoms with Crippen molar-refractivity contribution in [3.8, 4) is 5.95 Å². The van der Waals surface area contributed by atoms with Crippen LogP contribution >= 0.6 is 11.3 Å². The summed E-state index contributed by atoms with van der Waals surface area (Å²) in [5.74, 6) is 0.698. The van der Waals surface area contributed by atoms with Gasteiger partial charge in [0.2, 0.25) is 5.95 Å². The zero-order valence-electron chi connectivity index (χ0n) is 18.1. The molecule has 5 aromatic carbocycles. The third-order valence-corrected chi connectivity index (χ3v) is 8.05. The molecule has 3 nitrogen and oxygen atoms in total. The zero-order chi connectivity index (χ0) is 22.2. The van der Waals surface area contributed by atoms with Gasteiger partial charge in [-0.25, -0.2) is 9.97 Å². The van der Waals surface area contributed by atoms with Gasteiger partial charge in [-0.3, -0.25) is 4.57 Å². The number of nitrogens with zero attached hydrogens (tertiary/aromatic N) is 3. The monoisotopic (exact) mass is 451 g/mol. The Bertz CT molecular complexity index is 2070. The number of hydrogen-bond donors (Lipinski definition) is 0. The van der Waals surface area contributed by atoms with Gasteiger partial charge in [0.05, 0.1) is 11.0 Å². The third-order valence-electron chi connectivity index (χ3n) is 6.86. The Balaban J connectivity index is 1.76. The topological polar surface area (TPSA) is 30.7 Å². The first-order valence-electron chi connectivity index (χ1n) is 11.3. The molecule has 3 aromatic heterocycles. The molecule has 0 aliphatic rings. The second kappa shape index (κ2) is 6.62. The van der Waals surface area contributed by atoms with Crippen molar-refractivity contribution < 1.29 is 0 Å². The van der Waals surface area contributed by atoms with E-state index in [9.17, 15) is 0 Å². The van der Waals surface area contributed by atoms with Gasteiger partial charge in [-0.15, -0.1) is 11.3 Å². The minimum absolute atomic E-state index is 0.698. The molecule has 0 aliphatic heterocycles. The third kappa shape index (κ3) is 2.30. The van der Waals surface area contributed by atoms with Crippen molar-refractivity contribution in [3.63, 3.8) is 0 Å². The molecule has 0 unspecified atom stereocenters. The fraction of sp³-hybridized carbons (Fsp3) is 0. The predicted octanol–water partition coefficient (Wildman–Crippen LogP) is 8.25. The SMILES string of the molecule is c1cnc(-n2c3cc4ccccc4cc3c3c4sc5ccccc5c4c4ccccc4c32)nc1. The number of hydrogen-bond acceptors (Lipinski definition) is 3. The second-order valence-electron chi connectivity index (χ2n) is 8.67. The molecule has 0 radical (unpaired) electrons. The molecule has 8 rings (SSSR count). The molecule has 0 saturated heterocycles. The number of fused-ring (bicyclic) bond motifs is 11. The summed E-state index contributed by atoms with van der Waals surface area (Å²) >= 11 is 1.88. The summed E-state index contributed by atoms with van der Waals surface area (Å²) in [5.41, 5.74) is 2.31. The van der Waals surface area contributed by atoms with E-state index < -0.39 is 0 Å². The average Bonchev–Trinajstić information content (AvgIpc) is 3.44. The molecule has 0 fully saturated rings. The Morgan fingerprint density at radius 3 is 2.09 bits per heavy atom. The maximum Gasteiger partial charge on any atom is 0.234 e. The minimum Gasteiger partial charge on any atom is -0.277 e. The normalized spacial score (nSPS) is 12.1. The smallest absolute Gasteiger partial charge is 0.234 e. The van der Waals surface area contributed by atoms with Crippen molar-refractivity contribution >= 4 is 74.9 Å². The van der Waals surface area contributed by atoms with Crippen molar-refractivity contribution in [2.45, 2.75) is 0 Å². The van der Waals surface area contributed by atoms with Crippen LogP contribution in [0.2, 0.25) is 0 Å². The van der Waals surface area contributed by atoms with E-state index in [-0.39, 0.29) is 0 Å². The largest absolute Gasteiger partial charge is 0.277 e. The fourth-order valence-electron chi connectivity index (χ4n) is 5.47. The van der Waals surface area contributed by atoms with E-state index in [0.29, 0.717) is 5.95 Å². The fourth-order valence-corrected chi connectivity index (χ4v) is 6.75. The highest BCUT2D eigenvalue weighted by molar-refractivity contribution is 7.27. The summed E-state index contributed by atoms with van der Waals surface area (Å²) in [4.78, 5) is 9.37. The Labute approximate surface area is 198 Å². The lowest BCUT2D eigenvalue weighted by atomic mass is 9.99. The van der Waals surface area contributed by atoms with Crippen LogP contribution in [-0.2, 0) is 0 Å². The van der Waals surface area contributed by atoms with Gasteiger partial charge >= 0.3 is 0 Å². The second-order valence-corrected chi connectivity index (χ2v) is 9.72. The van der Waals surface area contributed by atoms with Gasteiger partial charge in [0.15, 0.2) is 0 Å². The molecule has 34 heavy (non-hydrogen) atoms. The van der Waals surface area contributed by atoms with Crippen molar-refractivity contribution in [1.29, 1.82) is 0 Å². The van der Waals surface area contributed by atoms with Gasteiger partial charge in [0, 0.05) is 48.7 Å². The molecule has 0 saturated carbocycles. The van der Waals surface area contributed by atoms with Crippen LogP contribution in [0.15, 0.2) is 103 Å². The van der Waals surface area contributed by atoms with Crippen LogP contribution in [0.25, 0.3) is 69.5 Å². The lowest BCUT2D eigenvalue weighted by molar-refractivity contribution is 0.991. The molecule has 0 amide bonds. The summed E-state index contributed by atoms with van der Waals surface area (Å²) in [7, 11) is 0. The molecular weight excluding hydrogens is 434 g/mol. The first kappa shape index (κ1) is 18.2. The van der Waals surface area contributed by atoms with Crippen LogP contribution in [0.3, 0.4) is 0 Å². The molecule has 158 valence electrons. The van der Waals surface area contributed by atoms with Gasteiger partial charge in [-0.05, 0) is 40.4 Å². The average molecular weight is 452 g/mol. The van der Waals surface area contributed by atoms with Crippen molar-refractivity contribution in [1.82, 2.24) is 14.5 Å². The number of thiophene rings is 1. The quantitative estimate of drug-likeness (QED) is 0.251. The van der Waals surface area contributed by atoms with Crippen LogP contribution in [0.5, 0.6) is 0 Å². The highest BCUT2D eigenvalue weighted by Gasteiger charge is 2.22. The lowest BCUT2D eigenvalue weighted by Crippen LogP contribution is -2.00. The molecular formula is C30H17N3S. The Hall–Kier alpha value is -4.28. The number of aromatic nitrogens is 3. The van der Waals surface area contributed by atoms with Gasteiger partial charge in [-0.1, -0.05) is 66.7 Å². The van der Waals surface area contributed by atoms with Gasteiger partial charge < -0.3 is 0 Å². The first-order chi connectivity index (χ1) is 16.9. The highest BCUT2D eigenvalue weighted by atomic mass is 32.1. The standard InChI is InChI=1S/C30H17N3S/c1-2-9-19-17-24-23(16-18(19)8-1)27-28(33(24)30-31-14-7-15-32-30)21-11-4-3-10-20(21)26-22-12-5-6-13-25(22)34-29(26)27/h1-17H. The summed E-state index contributed by atoms with van der Waals surface area (Å²) in [6.45, 7) is 0. The van der Waals surface area contributed by atoms with Gasteiger partial charge in [0.1, 0.15) is 0 Å².